The van der Waals surface area contributed by atoms with Crippen LogP contribution in [0.25, 0.3) is 10.2 Å². The molecule has 0 saturated carbocycles. The van der Waals surface area contributed by atoms with Crippen LogP contribution in [0.1, 0.15) is 24.3 Å². The van der Waals surface area contributed by atoms with E-state index in [4.69, 9.17) is 4.98 Å². The molecule has 2 heterocycles. The Morgan fingerprint density at radius 1 is 1.31 bits per heavy atom. The molecule has 0 aliphatic heterocycles. The van der Waals surface area contributed by atoms with Crippen LogP contribution in [0.5, 0.6) is 0 Å². The fraction of sp³-hybridized carbons (Fsp3) is 0.318. The summed E-state index contributed by atoms with van der Waals surface area (Å²) >= 11 is 2.82. The highest BCUT2D eigenvalue weighted by molar-refractivity contribution is 7.99. The minimum absolute atomic E-state index is 0.0192. The third-order valence-electron chi connectivity index (χ3n) is 4.71. The van der Waals surface area contributed by atoms with E-state index in [2.05, 4.69) is 6.58 Å². The molecule has 29 heavy (non-hydrogen) atoms. The van der Waals surface area contributed by atoms with Gasteiger partial charge in [-0.25, -0.2) is 4.98 Å². The van der Waals surface area contributed by atoms with Gasteiger partial charge in [-0.2, -0.15) is 0 Å². The van der Waals surface area contributed by atoms with E-state index < -0.39 is 0 Å². The Morgan fingerprint density at radius 3 is 2.62 bits per heavy atom. The molecule has 1 aromatic carbocycles. The van der Waals surface area contributed by atoms with E-state index in [1.54, 1.807) is 15.5 Å². The van der Waals surface area contributed by atoms with Crippen molar-refractivity contribution in [1.29, 1.82) is 0 Å². The van der Waals surface area contributed by atoms with Gasteiger partial charge >= 0.3 is 0 Å². The first kappa shape index (κ1) is 21.3. The van der Waals surface area contributed by atoms with E-state index in [0.29, 0.717) is 17.1 Å². The van der Waals surface area contributed by atoms with Gasteiger partial charge in [-0.05, 0) is 45.4 Å². The number of rotatable bonds is 7. The minimum atomic E-state index is -0.0736. The number of aryl methyl sites for hydroxylation is 2. The lowest BCUT2D eigenvalue weighted by molar-refractivity contribution is -0.116. The van der Waals surface area contributed by atoms with Crippen LogP contribution in [0.15, 0.2) is 52.9 Å². The summed E-state index contributed by atoms with van der Waals surface area (Å²) in [7, 11) is 0. The van der Waals surface area contributed by atoms with Crippen molar-refractivity contribution in [3.63, 3.8) is 0 Å². The summed E-state index contributed by atoms with van der Waals surface area (Å²) < 4.78 is 1.61. The molecule has 0 atom stereocenters. The van der Waals surface area contributed by atoms with E-state index >= 15 is 0 Å². The third kappa shape index (κ3) is 4.31. The highest BCUT2D eigenvalue weighted by Gasteiger charge is 2.21. The van der Waals surface area contributed by atoms with Gasteiger partial charge in [-0.1, -0.05) is 36.0 Å². The lowest BCUT2D eigenvalue weighted by atomic mass is 10.2. The Hall–Kier alpha value is -2.38. The van der Waals surface area contributed by atoms with Crippen molar-refractivity contribution in [3.8, 4) is 0 Å². The Kier molecular flexibility index (Phi) is 6.59. The maximum Gasteiger partial charge on any atom is 0.263 e. The van der Waals surface area contributed by atoms with Crippen molar-refractivity contribution in [1.82, 2.24) is 9.55 Å². The number of amides is 1. The van der Waals surface area contributed by atoms with Crippen LogP contribution in [0.4, 0.5) is 5.69 Å². The van der Waals surface area contributed by atoms with Crippen molar-refractivity contribution in [3.05, 3.63) is 63.8 Å². The Balaban J connectivity index is 1.93. The van der Waals surface area contributed by atoms with Crippen LogP contribution in [0.3, 0.4) is 0 Å². The van der Waals surface area contributed by atoms with Gasteiger partial charge in [0.2, 0.25) is 5.91 Å². The molecule has 3 aromatic rings. The largest absolute Gasteiger partial charge is 0.309 e. The average Bonchev–Trinajstić information content (AvgIpc) is 2.97. The number of nitrogens with zero attached hydrogens (tertiary/aromatic N) is 3. The number of carbonyl (C=O) groups is 1. The SMILES string of the molecule is C=CCn1c(SCC(=O)N(c2ccccc2)C(C)C)nc2sc(C)c(C)c2c1=O. The monoisotopic (exact) mass is 427 g/mol. The molecular formula is C22H25N3O2S2. The standard InChI is InChI=1S/C22H25N3O2S2/c1-6-12-24-21(27)19-15(4)16(5)29-20(19)23-22(24)28-13-18(26)25(14(2)3)17-10-8-7-9-11-17/h6-11,14H,1,12-13H2,2-5H3. The topological polar surface area (TPSA) is 55.2 Å². The first-order valence-electron chi connectivity index (χ1n) is 9.46. The number of thiophene rings is 1. The predicted octanol–water partition coefficient (Wildman–Crippen LogP) is 4.79. The molecule has 0 saturated heterocycles. The molecule has 0 bridgehead atoms. The maximum absolute atomic E-state index is 13.1. The summed E-state index contributed by atoms with van der Waals surface area (Å²) in [6.45, 7) is 12.1. The summed E-state index contributed by atoms with van der Waals surface area (Å²) in [6.07, 6.45) is 1.68. The lowest BCUT2D eigenvalue weighted by Gasteiger charge is -2.26. The molecule has 0 unspecified atom stereocenters. The molecule has 152 valence electrons. The summed E-state index contributed by atoms with van der Waals surface area (Å²) in [5.41, 5.74) is 1.77. The van der Waals surface area contributed by atoms with E-state index in [1.807, 2.05) is 58.0 Å². The number of thioether (sulfide) groups is 1. The zero-order valence-electron chi connectivity index (χ0n) is 17.1. The lowest BCUT2D eigenvalue weighted by Crippen LogP contribution is -2.38. The second kappa shape index (κ2) is 8.97. The second-order valence-corrected chi connectivity index (χ2v) is 9.19. The zero-order chi connectivity index (χ0) is 21.1. The fourth-order valence-corrected chi connectivity index (χ4v) is 5.16. The number of fused-ring (bicyclic) bond motifs is 1. The Bertz CT molecular complexity index is 1100. The van der Waals surface area contributed by atoms with Crippen LogP contribution < -0.4 is 10.5 Å². The number of benzene rings is 1. The number of hydrogen-bond donors (Lipinski definition) is 0. The molecule has 0 spiro atoms. The van der Waals surface area contributed by atoms with Gasteiger partial charge in [0.25, 0.3) is 5.56 Å². The van der Waals surface area contributed by atoms with E-state index in [-0.39, 0.29) is 23.3 Å². The molecule has 0 aliphatic rings. The molecule has 0 aliphatic carbocycles. The summed E-state index contributed by atoms with van der Waals surface area (Å²) in [5.74, 6) is 0.181. The van der Waals surface area contributed by atoms with Crippen molar-refractivity contribution < 1.29 is 4.79 Å². The van der Waals surface area contributed by atoms with E-state index in [0.717, 1.165) is 21.0 Å². The molecule has 5 nitrogen and oxygen atoms in total. The maximum atomic E-state index is 13.1. The average molecular weight is 428 g/mol. The summed E-state index contributed by atoms with van der Waals surface area (Å²) in [4.78, 5) is 34.4. The van der Waals surface area contributed by atoms with E-state index in [9.17, 15) is 9.59 Å². The van der Waals surface area contributed by atoms with Crippen molar-refractivity contribution in [2.24, 2.45) is 0 Å². The summed E-state index contributed by atoms with van der Waals surface area (Å²) in [5, 5.41) is 1.21. The van der Waals surface area contributed by atoms with Crippen LogP contribution in [-0.4, -0.2) is 27.3 Å². The van der Waals surface area contributed by atoms with Crippen molar-refractivity contribution in [2.45, 2.75) is 45.4 Å². The van der Waals surface area contributed by atoms with Gasteiger partial charge in [0.05, 0.1) is 11.1 Å². The van der Waals surface area contributed by atoms with Gasteiger partial charge in [0.15, 0.2) is 5.16 Å². The second-order valence-electron chi connectivity index (χ2n) is 7.04. The van der Waals surface area contributed by atoms with Gasteiger partial charge in [0, 0.05) is 23.2 Å². The van der Waals surface area contributed by atoms with E-state index in [1.165, 1.54) is 23.1 Å². The van der Waals surface area contributed by atoms with Crippen LogP contribution in [-0.2, 0) is 11.3 Å². The van der Waals surface area contributed by atoms with Crippen LogP contribution in [0.2, 0.25) is 0 Å². The van der Waals surface area contributed by atoms with Crippen LogP contribution in [0, 0.1) is 13.8 Å². The molecule has 7 heteroatoms. The first-order chi connectivity index (χ1) is 13.8. The number of para-hydroxylation sites is 1. The predicted molar refractivity (Wildman–Crippen MR) is 123 cm³/mol. The molecule has 0 radical (unpaired) electrons. The normalized spacial score (nSPS) is 11.2. The molecule has 0 fully saturated rings. The molecular weight excluding hydrogens is 402 g/mol. The van der Waals surface area contributed by atoms with Gasteiger partial charge < -0.3 is 4.90 Å². The number of hydrogen-bond acceptors (Lipinski definition) is 5. The Morgan fingerprint density at radius 2 is 2.00 bits per heavy atom. The number of allylic oxidation sites excluding steroid dienone is 1. The van der Waals surface area contributed by atoms with Gasteiger partial charge in [-0.3, -0.25) is 14.2 Å². The van der Waals surface area contributed by atoms with Gasteiger partial charge in [-0.15, -0.1) is 17.9 Å². The minimum Gasteiger partial charge on any atom is -0.309 e. The smallest absolute Gasteiger partial charge is 0.263 e. The summed E-state index contributed by atoms with van der Waals surface area (Å²) in [6, 6.07) is 9.65. The van der Waals surface area contributed by atoms with Crippen molar-refractivity contribution in [2.75, 3.05) is 10.7 Å². The molecule has 2 aromatic heterocycles. The van der Waals surface area contributed by atoms with Crippen molar-refractivity contribution >= 4 is 44.9 Å². The zero-order valence-corrected chi connectivity index (χ0v) is 18.8. The quantitative estimate of drug-likeness (QED) is 0.309. The molecule has 3 rings (SSSR count). The van der Waals surface area contributed by atoms with Crippen LogP contribution >= 0.6 is 23.1 Å². The highest BCUT2D eigenvalue weighted by atomic mass is 32.2. The molecule has 0 N–H and O–H groups in total. The Labute approximate surface area is 179 Å². The number of aromatic nitrogens is 2. The first-order valence-corrected chi connectivity index (χ1v) is 11.3. The number of anilines is 1. The third-order valence-corrected chi connectivity index (χ3v) is 6.77. The highest BCUT2D eigenvalue weighted by Crippen LogP contribution is 2.29. The van der Waals surface area contributed by atoms with Gasteiger partial charge in [0.1, 0.15) is 4.83 Å². The fourth-order valence-electron chi connectivity index (χ4n) is 3.22. The molecule has 1 amide bonds. The number of carbonyl (C=O) groups excluding carboxylic acids is 1.